The molecule has 2 aromatic rings. The Labute approximate surface area is 157 Å². The van der Waals surface area contributed by atoms with Crippen LogP contribution in [0.4, 0.5) is 13.2 Å². The van der Waals surface area contributed by atoms with Crippen LogP contribution in [0.3, 0.4) is 0 Å². The standard InChI is InChI=1S/C5Cl5N.C5Cl2F3N/c6-1-2(7)4(9)11-5(10)3(1)8;6-1-3(8)2(7)5(10)11-4(1)9. The Morgan fingerprint density at radius 1 is 0.500 bits per heavy atom. The predicted molar refractivity (Wildman–Crippen MR) is 83.4 cm³/mol. The molecule has 12 heteroatoms. The maximum Gasteiger partial charge on any atom is 0.237 e. The lowest BCUT2D eigenvalue weighted by atomic mass is 10.4. The van der Waals surface area contributed by atoms with E-state index in [0.29, 0.717) is 0 Å². The van der Waals surface area contributed by atoms with Crippen molar-refractivity contribution < 1.29 is 13.2 Å². The molecule has 0 aliphatic heterocycles. The van der Waals surface area contributed by atoms with E-state index in [4.69, 9.17) is 81.2 Å². The van der Waals surface area contributed by atoms with Crippen LogP contribution < -0.4 is 0 Å². The number of pyridine rings is 2. The highest BCUT2D eigenvalue weighted by molar-refractivity contribution is 6.53. The van der Waals surface area contributed by atoms with Gasteiger partial charge in [-0.15, -0.1) is 0 Å². The molecule has 22 heavy (non-hydrogen) atoms. The molecule has 120 valence electrons. The fourth-order valence-corrected chi connectivity index (χ4v) is 2.24. The van der Waals surface area contributed by atoms with Gasteiger partial charge >= 0.3 is 0 Å². The minimum absolute atomic E-state index is 0.0473. The van der Waals surface area contributed by atoms with Crippen molar-refractivity contribution in [3.05, 3.63) is 53.1 Å². The SMILES string of the molecule is Clc1nc(Cl)c(Cl)c(Cl)c1Cl.Fc1nc(F)c(Cl)c(F)c1Cl. The Balaban J connectivity index is 0.000000220. The Hall–Kier alpha value is 0.120. The van der Waals surface area contributed by atoms with Crippen LogP contribution in [0.5, 0.6) is 0 Å². The maximum atomic E-state index is 12.5. The summed E-state index contributed by atoms with van der Waals surface area (Å²) in [5.41, 5.74) is 0. The van der Waals surface area contributed by atoms with Gasteiger partial charge in [0.15, 0.2) is 16.1 Å². The third-order valence-corrected chi connectivity index (χ3v) is 4.58. The summed E-state index contributed by atoms with van der Waals surface area (Å²) in [7, 11) is 0. The lowest BCUT2D eigenvalue weighted by molar-refractivity contribution is 0.488. The van der Waals surface area contributed by atoms with Crippen LogP contribution in [0.2, 0.25) is 35.4 Å². The van der Waals surface area contributed by atoms with Gasteiger partial charge in [0.25, 0.3) is 0 Å². The molecule has 0 saturated carbocycles. The molecule has 0 unspecified atom stereocenters. The Bertz CT molecular complexity index is 613. The van der Waals surface area contributed by atoms with Crippen LogP contribution in [0, 0.1) is 17.7 Å². The van der Waals surface area contributed by atoms with Crippen LogP contribution in [-0.4, -0.2) is 9.97 Å². The molecule has 0 radical (unpaired) electrons. The minimum atomic E-state index is -1.41. The second-order valence-electron chi connectivity index (χ2n) is 3.27. The first-order chi connectivity index (χ1) is 10.1. The van der Waals surface area contributed by atoms with E-state index in [1.807, 2.05) is 0 Å². The van der Waals surface area contributed by atoms with Crippen LogP contribution in [0.25, 0.3) is 0 Å². The average Bonchev–Trinajstić information content (AvgIpc) is 2.47. The van der Waals surface area contributed by atoms with E-state index in [0.717, 1.165) is 0 Å². The highest BCUT2D eigenvalue weighted by Crippen LogP contribution is 2.37. The molecule has 2 rings (SSSR count). The summed E-state index contributed by atoms with van der Waals surface area (Å²) in [6.45, 7) is 0. The zero-order chi connectivity index (χ0) is 17.2. The largest absolute Gasteiger partial charge is 0.237 e. The number of halogens is 10. The monoisotopic (exact) mass is 450 g/mol. The molecular weight excluding hydrogens is 453 g/mol. The van der Waals surface area contributed by atoms with Crippen LogP contribution in [0.15, 0.2) is 0 Å². The molecule has 0 atom stereocenters. The molecular formula is C10Cl7F3N2. The summed E-state index contributed by atoms with van der Waals surface area (Å²) in [4.78, 5) is 6.21. The van der Waals surface area contributed by atoms with Gasteiger partial charge < -0.3 is 0 Å². The quantitative estimate of drug-likeness (QED) is 0.396. The van der Waals surface area contributed by atoms with Gasteiger partial charge in [-0.05, 0) is 0 Å². The van der Waals surface area contributed by atoms with Gasteiger partial charge in [0.1, 0.15) is 10.0 Å². The van der Waals surface area contributed by atoms with Crippen molar-refractivity contribution >= 4 is 81.2 Å². The summed E-state index contributed by atoms with van der Waals surface area (Å²) in [6, 6.07) is 0. The fraction of sp³-hybridized carbons (Fsp3) is 0. The van der Waals surface area contributed by atoms with Gasteiger partial charge in [0, 0.05) is 0 Å². The van der Waals surface area contributed by atoms with Crippen LogP contribution >= 0.6 is 81.2 Å². The Morgan fingerprint density at radius 3 is 1.23 bits per heavy atom. The zero-order valence-electron chi connectivity index (χ0n) is 9.67. The first-order valence-corrected chi connectivity index (χ1v) is 7.43. The normalized spacial score (nSPS) is 10.3. The van der Waals surface area contributed by atoms with Crippen molar-refractivity contribution in [2.24, 2.45) is 0 Å². The van der Waals surface area contributed by atoms with Crippen molar-refractivity contribution in [2.75, 3.05) is 0 Å². The zero-order valence-corrected chi connectivity index (χ0v) is 15.0. The van der Waals surface area contributed by atoms with Gasteiger partial charge in [-0.2, -0.15) is 13.8 Å². The molecule has 0 fully saturated rings. The first kappa shape index (κ1) is 20.2. The van der Waals surface area contributed by atoms with E-state index < -0.39 is 27.8 Å². The van der Waals surface area contributed by atoms with Gasteiger partial charge in [-0.1, -0.05) is 81.2 Å². The minimum Gasteiger partial charge on any atom is -0.221 e. The molecule has 0 N–H and O–H groups in total. The molecule has 0 amide bonds. The molecule has 2 aromatic heterocycles. The highest BCUT2D eigenvalue weighted by atomic mass is 35.5. The molecule has 0 saturated heterocycles. The van der Waals surface area contributed by atoms with Gasteiger partial charge in [0.2, 0.25) is 11.9 Å². The topological polar surface area (TPSA) is 25.8 Å². The van der Waals surface area contributed by atoms with Crippen LogP contribution in [-0.2, 0) is 0 Å². The number of hydrogen-bond acceptors (Lipinski definition) is 2. The smallest absolute Gasteiger partial charge is 0.221 e. The molecule has 2 nitrogen and oxygen atoms in total. The number of rotatable bonds is 0. The van der Waals surface area contributed by atoms with Crippen molar-refractivity contribution in [3.63, 3.8) is 0 Å². The van der Waals surface area contributed by atoms with Gasteiger partial charge in [0.05, 0.1) is 15.1 Å². The van der Waals surface area contributed by atoms with E-state index in [2.05, 4.69) is 9.97 Å². The molecule has 0 aliphatic rings. The summed E-state index contributed by atoms with van der Waals surface area (Å²) >= 11 is 37.8. The third kappa shape index (κ3) is 4.57. The Morgan fingerprint density at radius 2 is 0.864 bits per heavy atom. The average molecular weight is 453 g/mol. The Kier molecular flexibility index (Phi) is 7.60. The van der Waals surface area contributed by atoms with E-state index in [1.54, 1.807) is 0 Å². The summed E-state index contributed by atoms with van der Waals surface area (Å²) in [5.74, 6) is -4.16. The molecule has 0 aromatic carbocycles. The van der Waals surface area contributed by atoms with E-state index >= 15 is 0 Å². The van der Waals surface area contributed by atoms with Crippen molar-refractivity contribution in [1.29, 1.82) is 0 Å². The summed E-state index contributed by atoms with van der Waals surface area (Å²) < 4.78 is 36.9. The van der Waals surface area contributed by atoms with Crippen molar-refractivity contribution in [2.45, 2.75) is 0 Å². The lowest BCUT2D eigenvalue weighted by Gasteiger charge is -2.01. The van der Waals surface area contributed by atoms with E-state index in [-0.39, 0.29) is 25.4 Å². The number of nitrogens with zero attached hydrogens (tertiary/aromatic N) is 2. The molecule has 0 bridgehead atoms. The van der Waals surface area contributed by atoms with Gasteiger partial charge in [-0.25, -0.2) is 9.37 Å². The molecule has 0 aliphatic carbocycles. The van der Waals surface area contributed by atoms with Crippen LogP contribution in [0.1, 0.15) is 0 Å². The maximum absolute atomic E-state index is 12.5. The van der Waals surface area contributed by atoms with Gasteiger partial charge in [-0.3, -0.25) is 0 Å². The second kappa shape index (κ2) is 8.29. The molecule has 0 spiro atoms. The summed E-state index contributed by atoms with van der Waals surface area (Å²) in [5, 5.41) is -1.37. The highest BCUT2D eigenvalue weighted by Gasteiger charge is 2.16. The number of hydrogen-bond donors (Lipinski definition) is 0. The molecule has 2 heterocycles. The second-order valence-corrected chi connectivity index (χ2v) is 5.88. The number of aromatic nitrogens is 2. The van der Waals surface area contributed by atoms with Crippen molar-refractivity contribution in [1.82, 2.24) is 9.97 Å². The summed E-state index contributed by atoms with van der Waals surface area (Å²) in [6.07, 6.45) is 0. The van der Waals surface area contributed by atoms with E-state index in [9.17, 15) is 13.2 Å². The first-order valence-electron chi connectivity index (χ1n) is 4.78. The predicted octanol–water partition coefficient (Wildman–Crippen LogP) is 7.15. The van der Waals surface area contributed by atoms with E-state index in [1.165, 1.54) is 0 Å². The van der Waals surface area contributed by atoms with Crippen molar-refractivity contribution in [3.8, 4) is 0 Å². The fourth-order valence-electron chi connectivity index (χ4n) is 0.924. The lowest BCUT2D eigenvalue weighted by Crippen LogP contribution is -1.95. The third-order valence-electron chi connectivity index (χ3n) is 1.89.